The quantitative estimate of drug-likeness (QED) is 0.474. The van der Waals surface area contributed by atoms with Gasteiger partial charge in [-0.2, -0.15) is 0 Å². The van der Waals surface area contributed by atoms with Gasteiger partial charge in [-0.05, 0) is 19.8 Å². The van der Waals surface area contributed by atoms with Crippen LogP contribution >= 0.6 is 0 Å². The fourth-order valence-electron chi connectivity index (χ4n) is 0.671. The van der Waals surface area contributed by atoms with Gasteiger partial charge in [-0.25, -0.2) is 0 Å². The molecule has 0 aliphatic rings. The number of hydrogen-bond donors (Lipinski definition) is 1. The highest BCUT2D eigenvalue weighted by atomic mass is 16.3. The number of aliphatic hydroxyl groups excluding tert-OH is 1. The van der Waals surface area contributed by atoms with Crippen molar-refractivity contribution in [2.45, 2.75) is 19.8 Å². The molecule has 0 saturated carbocycles. The third-order valence-corrected chi connectivity index (χ3v) is 1.50. The second-order valence-corrected chi connectivity index (χ2v) is 2.61. The molecule has 1 nitrogen and oxygen atoms in total. The highest BCUT2D eigenvalue weighted by molar-refractivity contribution is 5.12. The summed E-state index contributed by atoms with van der Waals surface area (Å²) in [5.41, 5.74) is 2.06. The third kappa shape index (κ3) is 5.62. The molecule has 0 spiro atoms. The lowest BCUT2D eigenvalue weighted by atomic mass is 10.1. The average Bonchev–Trinajstić information content (AvgIpc) is 2.04. The Bertz CT molecular complexity index is 166. The van der Waals surface area contributed by atoms with Crippen molar-refractivity contribution in [3.8, 4) is 0 Å². The van der Waals surface area contributed by atoms with E-state index in [4.69, 9.17) is 5.11 Å². The first-order valence-electron chi connectivity index (χ1n) is 3.77. The summed E-state index contributed by atoms with van der Waals surface area (Å²) >= 11 is 0. The lowest BCUT2D eigenvalue weighted by Crippen LogP contribution is -1.83. The summed E-state index contributed by atoms with van der Waals surface area (Å²) in [7, 11) is 0. The fraction of sp³-hybridized carbons (Fsp3) is 0.400. The molecule has 0 amide bonds. The summed E-state index contributed by atoms with van der Waals surface area (Å²) in [4.78, 5) is 0. The molecule has 0 aliphatic carbocycles. The number of allylic oxidation sites excluding steroid dienone is 3. The van der Waals surface area contributed by atoms with Crippen LogP contribution in [-0.2, 0) is 0 Å². The Hall–Kier alpha value is -0.820. The van der Waals surface area contributed by atoms with Crippen LogP contribution in [0.2, 0.25) is 0 Å². The maximum absolute atomic E-state index is 8.65. The van der Waals surface area contributed by atoms with Gasteiger partial charge in [0.05, 0.1) is 6.61 Å². The minimum absolute atomic E-state index is 0.153. The van der Waals surface area contributed by atoms with Crippen molar-refractivity contribution in [2.75, 3.05) is 6.61 Å². The first kappa shape index (κ1) is 10.2. The van der Waals surface area contributed by atoms with Crippen molar-refractivity contribution >= 4 is 0 Å². The van der Waals surface area contributed by atoms with E-state index in [1.165, 1.54) is 0 Å². The zero-order valence-electron chi connectivity index (χ0n) is 7.14. The summed E-state index contributed by atoms with van der Waals surface area (Å²) in [5.74, 6) is 0. The topological polar surface area (TPSA) is 20.2 Å². The van der Waals surface area contributed by atoms with E-state index in [-0.39, 0.29) is 6.61 Å². The van der Waals surface area contributed by atoms with Crippen molar-refractivity contribution in [1.82, 2.24) is 0 Å². The molecule has 0 bridgehead atoms. The normalized spacial score (nSPS) is 11.3. The van der Waals surface area contributed by atoms with E-state index >= 15 is 0 Å². The van der Waals surface area contributed by atoms with Gasteiger partial charge in [-0.15, -0.1) is 0 Å². The van der Waals surface area contributed by atoms with Gasteiger partial charge in [-0.3, -0.25) is 0 Å². The molecule has 0 aromatic heterocycles. The van der Waals surface area contributed by atoms with E-state index in [0.717, 1.165) is 24.0 Å². The van der Waals surface area contributed by atoms with E-state index in [1.807, 2.05) is 13.0 Å². The van der Waals surface area contributed by atoms with E-state index in [9.17, 15) is 0 Å². The van der Waals surface area contributed by atoms with E-state index < -0.39 is 0 Å². The summed E-state index contributed by atoms with van der Waals surface area (Å²) in [6, 6.07) is 0. The van der Waals surface area contributed by atoms with Crippen LogP contribution in [0, 0.1) is 0 Å². The smallest absolute Gasteiger partial charge is 0.0639 e. The maximum atomic E-state index is 8.65. The van der Waals surface area contributed by atoms with E-state index in [1.54, 1.807) is 6.08 Å². The summed E-state index contributed by atoms with van der Waals surface area (Å²) in [5, 5.41) is 8.65. The van der Waals surface area contributed by atoms with Gasteiger partial charge in [0.25, 0.3) is 0 Å². The van der Waals surface area contributed by atoms with Gasteiger partial charge in [0, 0.05) is 0 Å². The molecule has 11 heavy (non-hydrogen) atoms. The Labute approximate surface area is 68.7 Å². The highest BCUT2D eigenvalue weighted by Crippen LogP contribution is 2.05. The summed E-state index contributed by atoms with van der Waals surface area (Å²) < 4.78 is 0. The Morgan fingerprint density at radius 1 is 1.55 bits per heavy atom. The van der Waals surface area contributed by atoms with Crippen LogP contribution in [-0.4, -0.2) is 11.7 Å². The lowest BCUT2D eigenvalue weighted by Gasteiger charge is -1.96. The summed E-state index contributed by atoms with van der Waals surface area (Å²) in [6.45, 7) is 9.46. The van der Waals surface area contributed by atoms with Gasteiger partial charge < -0.3 is 5.11 Å². The maximum Gasteiger partial charge on any atom is 0.0639 e. The Balaban J connectivity index is 3.55. The van der Waals surface area contributed by atoms with Crippen LogP contribution in [0.15, 0.2) is 36.5 Å². The largest absolute Gasteiger partial charge is 0.392 e. The van der Waals surface area contributed by atoms with Crippen LogP contribution in [0.3, 0.4) is 0 Å². The molecule has 1 heteroatoms. The Morgan fingerprint density at radius 2 is 2.18 bits per heavy atom. The molecule has 0 unspecified atom stereocenters. The van der Waals surface area contributed by atoms with Crippen molar-refractivity contribution in [1.29, 1.82) is 0 Å². The molecule has 0 heterocycles. The van der Waals surface area contributed by atoms with Crippen molar-refractivity contribution in [2.24, 2.45) is 0 Å². The van der Waals surface area contributed by atoms with Crippen molar-refractivity contribution < 1.29 is 5.11 Å². The standard InChI is InChI=1S/C10H16O/c1-4-9(2)6-5-7-10(3)8-11/h4,7,11H,1-2,5-6,8H2,3H3/b10-7+. The second-order valence-electron chi connectivity index (χ2n) is 2.61. The molecular weight excluding hydrogens is 136 g/mol. The van der Waals surface area contributed by atoms with Crippen LogP contribution in [0.25, 0.3) is 0 Å². The first-order valence-corrected chi connectivity index (χ1v) is 3.77. The molecule has 62 valence electrons. The second kappa shape index (κ2) is 5.93. The fourth-order valence-corrected chi connectivity index (χ4v) is 0.671. The first-order chi connectivity index (χ1) is 5.20. The average molecular weight is 152 g/mol. The van der Waals surface area contributed by atoms with Crippen molar-refractivity contribution in [3.05, 3.63) is 36.5 Å². The van der Waals surface area contributed by atoms with Crippen molar-refractivity contribution in [3.63, 3.8) is 0 Å². The van der Waals surface area contributed by atoms with Gasteiger partial charge in [0.2, 0.25) is 0 Å². The SMILES string of the molecule is C=CC(=C)CC/C=C(\C)CO. The predicted molar refractivity (Wildman–Crippen MR) is 49.4 cm³/mol. The monoisotopic (exact) mass is 152 g/mol. The van der Waals surface area contributed by atoms with Crippen LogP contribution < -0.4 is 0 Å². The van der Waals surface area contributed by atoms with Gasteiger partial charge in [-0.1, -0.05) is 36.5 Å². The Kier molecular flexibility index (Phi) is 5.49. The molecule has 0 fully saturated rings. The predicted octanol–water partition coefficient (Wildman–Crippen LogP) is 2.45. The van der Waals surface area contributed by atoms with Gasteiger partial charge in [0.1, 0.15) is 0 Å². The molecule has 0 radical (unpaired) electrons. The number of rotatable bonds is 5. The molecule has 0 aliphatic heterocycles. The molecule has 0 rings (SSSR count). The summed E-state index contributed by atoms with van der Waals surface area (Å²) in [6.07, 6.45) is 5.66. The minimum Gasteiger partial charge on any atom is -0.392 e. The highest BCUT2D eigenvalue weighted by Gasteiger charge is 1.87. The lowest BCUT2D eigenvalue weighted by molar-refractivity contribution is 0.331. The molecular formula is C10H16O. The van der Waals surface area contributed by atoms with Gasteiger partial charge in [0.15, 0.2) is 0 Å². The Morgan fingerprint density at radius 3 is 2.64 bits per heavy atom. The van der Waals surface area contributed by atoms with E-state index in [2.05, 4.69) is 13.2 Å². The minimum atomic E-state index is 0.153. The van der Waals surface area contributed by atoms with Gasteiger partial charge >= 0.3 is 0 Å². The third-order valence-electron chi connectivity index (χ3n) is 1.50. The molecule has 0 saturated heterocycles. The van der Waals surface area contributed by atoms with E-state index in [0.29, 0.717) is 0 Å². The van der Waals surface area contributed by atoms with Crippen LogP contribution in [0.1, 0.15) is 19.8 Å². The zero-order chi connectivity index (χ0) is 8.69. The molecule has 0 aromatic carbocycles. The zero-order valence-corrected chi connectivity index (χ0v) is 7.14. The molecule has 0 aromatic rings. The molecule has 0 atom stereocenters. The van der Waals surface area contributed by atoms with Crippen LogP contribution in [0.5, 0.6) is 0 Å². The molecule has 1 N–H and O–H groups in total. The van der Waals surface area contributed by atoms with Crippen LogP contribution in [0.4, 0.5) is 0 Å². The number of hydrogen-bond acceptors (Lipinski definition) is 1. The number of aliphatic hydroxyl groups is 1.